The first kappa shape index (κ1) is 41.2. The number of carbonyl (C=O) groups excluding carboxylic acids is 2. The van der Waals surface area contributed by atoms with Crippen LogP contribution >= 0.6 is 11.6 Å². The highest BCUT2D eigenvalue weighted by Gasteiger charge is 2.50. The van der Waals surface area contributed by atoms with Gasteiger partial charge in [-0.1, -0.05) is 99.1 Å². The zero-order chi connectivity index (χ0) is 41.2. The van der Waals surface area contributed by atoms with Crippen molar-refractivity contribution in [3.63, 3.8) is 0 Å². The number of H-pyrrole nitrogens is 1. The molecule has 13 heteroatoms. The Hall–Kier alpha value is -5.43. The minimum Gasteiger partial charge on any atom is -0.443 e. The molecule has 3 aromatic carbocycles. The Kier molecular flexibility index (Phi) is 11.7. The number of ether oxygens (including phenoxy) is 2. The van der Waals surface area contributed by atoms with Crippen molar-refractivity contribution in [1.82, 2.24) is 25.2 Å². The number of fused-ring (bicyclic) bond motifs is 1. The van der Waals surface area contributed by atoms with Crippen LogP contribution in [0.15, 0.2) is 109 Å². The molecular weight excluding hydrogens is 756 g/mol. The number of anilines is 1. The van der Waals surface area contributed by atoms with Gasteiger partial charge in [0.2, 0.25) is 0 Å². The van der Waals surface area contributed by atoms with Crippen LogP contribution in [0.25, 0.3) is 22.4 Å². The lowest BCUT2D eigenvalue weighted by Gasteiger charge is -2.43. The first-order valence-corrected chi connectivity index (χ1v) is 21.2. The smallest absolute Gasteiger partial charge is 0.435 e. The van der Waals surface area contributed by atoms with Crippen molar-refractivity contribution in [2.45, 2.75) is 91.7 Å². The van der Waals surface area contributed by atoms with E-state index in [4.69, 9.17) is 30.5 Å². The monoisotopic (exact) mass is 806 g/mol. The molecule has 6 aromatic rings. The van der Waals surface area contributed by atoms with Crippen molar-refractivity contribution in [3.8, 4) is 11.4 Å². The van der Waals surface area contributed by atoms with Gasteiger partial charge in [-0.05, 0) is 104 Å². The van der Waals surface area contributed by atoms with Crippen molar-refractivity contribution in [2.75, 3.05) is 5.01 Å². The van der Waals surface area contributed by atoms with Crippen molar-refractivity contribution >= 4 is 59.3 Å². The SMILES string of the molecule is CC(C)(C)OC(=O)NN(C(=O)OC(C)(C)C)c1ccc2c(cc(-c3cc[nH]n3)n2Cc2cc(Cl)cc(CO[Si](c3ccccc3)(c3ccccc3)C(C)(C)C)c2)n1. The summed E-state index contributed by atoms with van der Waals surface area (Å²) in [6, 6.07) is 34.4. The fourth-order valence-electron chi connectivity index (χ4n) is 6.96. The van der Waals surface area contributed by atoms with Crippen LogP contribution in [-0.4, -0.2) is 51.5 Å². The second-order valence-electron chi connectivity index (χ2n) is 17.0. The average molecular weight is 807 g/mol. The number of hydrogen-bond donors (Lipinski definition) is 2. The summed E-state index contributed by atoms with van der Waals surface area (Å²) in [4.78, 5) is 31.2. The van der Waals surface area contributed by atoms with Gasteiger partial charge in [0.15, 0.2) is 5.82 Å². The maximum atomic E-state index is 13.4. The number of rotatable bonds is 9. The van der Waals surface area contributed by atoms with Gasteiger partial charge < -0.3 is 18.5 Å². The lowest BCUT2D eigenvalue weighted by molar-refractivity contribution is 0.0424. The Morgan fingerprint density at radius 3 is 1.96 bits per heavy atom. The zero-order valence-corrected chi connectivity index (χ0v) is 35.8. The summed E-state index contributed by atoms with van der Waals surface area (Å²) in [5.74, 6) is 0.138. The van der Waals surface area contributed by atoms with E-state index in [1.807, 2.05) is 42.5 Å². The van der Waals surface area contributed by atoms with Crippen molar-refractivity contribution in [2.24, 2.45) is 0 Å². The van der Waals surface area contributed by atoms with E-state index in [9.17, 15) is 9.59 Å². The maximum Gasteiger partial charge on any atom is 0.435 e. The molecule has 3 aromatic heterocycles. The van der Waals surface area contributed by atoms with Crippen LogP contribution in [0.5, 0.6) is 0 Å². The zero-order valence-electron chi connectivity index (χ0n) is 34.0. The topological polar surface area (TPSA) is 124 Å². The highest BCUT2D eigenvalue weighted by atomic mass is 35.5. The largest absolute Gasteiger partial charge is 0.443 e. The number of aromatic amines is 1. The van der Waals surface area contributed by atoms with Gasteiger partial charge in [-0.2, -0.15) is 10.1 Å². The summed E-state index contributed by atoms with van der Waals surface area (Å²) in [5.41, 5.74) is 5.58. The molecule has 6 rings (SSSR count). The number of aromatic nitrogens is 4. The molecule has 0 atom stereocenters. The number of amides is 2. The van der Waals surface area contributed by atoms with Gasteiger partial charge in [-0.25, -0.2) is 20.0 Å². The summed E-state index contributed by atoms with van der Waals surface area (Å²) < 4.78 is 20.4. The minimum absolute atomic E-state index is 0.138. The normalized spacial score (nSPS) is 12.4. The van der Waals surface area contributed by atoms with Crippen molar-refractivity contribution in [1.29, 1.82) is 0 Å². The van der Waals surface area contributed by atoms with Crippen LogP contribution in [0.1, 0.15) is 73.4 Å². The summed E-state index contributed by atoms with van der Waals surface area (Å²) in [6.07, 6.45) is 0.102. The molecule has 0 fully saturated rings. The molecule has 0 aliphatic heterocycles. The summed E-state index contributed by atoms with van der Waals surface area (Å²) in [6.45, 7) is 18.0. The molecule has 298 valence electrons. The van der Waals surface area contributed by atoms with Crippen molar-refractivity contribution < 1.29 is 23.5 Å². The van der Waals surface area contributed by atoms with E-state index in [0.29, 0.717) is 29.4 Å². The molecule has 0 spiro atoms. The van der Waals surface area contributed by atoms with Gasteiger partial charge in [0.05, 0.1) is 23.3 Å². The predicted octanol–water partition coefficient (Wildman–Crippen LogP) is 9.39. The molecule has 3 heterocycles. The molecule has 0 saturated heterocycles. The van der Waals surface area contributed by atoms with E-state index in [1.165, 1.54) is 10.4 Å². The Balaban J connectivity index is 1.37. The van der Waals surface area contributed by atoms with Crippen LogP contribution in [0.2, 0.25) is 10.1 Å². The molecule has 57 heavy (non-hydrogen) atoms. The molecule has 0 bridgehead atoms. The molecule has 11 nitrogen and oxygen atoms in total. The lowest BCUT2D eigenvalue weighted by atomic mass is 10.1. The molecular formula is C44H51ClN6O5Si. The van der Waals surface area contributed by atoms with Gasteiger partial charge in [-0.3, -0.25) is 5.10 Å². The summed E-state index contributed by atoms with van der Waals surface area (Å²) >= 11 is 6.86. The molecule has 0 saturated carbocycles. The van der Waals surface area contributed by atoms with Gasteiger partial charge in [0, 0.05) is 17.8 Å². The number of carbonyl (C=O) groups is 2. The second kappa shape index (κ2) is 16.2. The van der Waals surface area contributed by atoms with Crippen LogP contribution in [0.4, 0.5) is 15.4 Å². The summed E-state index contributed by atoms with van der Waals surface area (Å²) in [7, 11) is -2.81. The number of benzene rings is 3. The molecule has 0 radical (unpaired) electrons. The number of halogens is 1. The van der Waals surface area contributed by atoms with E-state index in [0.717, 1.165) is 27.3 Å². The number of hydrazine groups is 1. The van der Waals surface area contributed by atoms with E-state index < -0.39 is 31.7 Å². The number of nitrogens with zero attached hydrogens (tertiary/aromatic N) is 4. The number of hydrogen-bond acceptors (Lipinski definition) is 7. The van der Waals surface area contributed by atoms with Gasteiger partial charge in [-0.15, -0.1) is 0 Å². The Labute approximate surface area is 340 Å². The summed E-state index contributed by atoms with van der Waals surface area (Å²) in [5, 5.41) is 11.2. The van der Waals surface area contributed by atoms with Gasteiger partial charge in [0.25, 0.3) is 8.32 Å². The number of pyridine rings is 1. The lowest BCUT2D eigenvalue weighted by Crippen LogP contribution is -2.66. The second-order valence-corrected chi connectivity index (χ2v) is 21.7. The highest BCUT2D eigenvalue weighted by Crippen LogP contribution is 2.38. The fraction of sp³-hybridized carbons (Fsp3) is 0.318. The first-order valence-electron chi connectivity index (χ1n) is 18.9. The minimum atomic E-state index is -2.81. The molecule has 2 N–H and O–H groups in total. The fourth-order valence-corrected chi connectivity index (χ4v) is 11.8. The van der Waals surface area contributed by atoms with Crippen LogP contribution in [-0.2, 0) is 27.1 Å². The van der Waals surface area contributed by atoms with Crippen LogP contribution < -0.4 is 20.8 Å². The molecule has 0 unspecified atom stereocenters. The first-order chi connectivity index (χ1) is 26.8. The van der Waals surface area contributed by atoms with Crippen molar-refractivity contribution in [3.05, 3.63) is 125 Å². The molecule has 0 aliphatic carbocycles. The van der Waals surface area contributed by atoms with E-state index >= 15 is 0 Å². The Morgan fingerprint density at radius 1 is 0.789 bits per heavy atom. The van der Waals surface area contributed by atoms with Crippen LogP contribution in [0.3, 0.4) is 0 Å². The highest BCUT2D eigenvalue weighted by molar-refractivity contribution is 6.99. The van der Waals surface area contributed by atoms with E-state index in [-0.39, 0.29) is 10.9 Å². The molecule has 0 aliphatic rings. The van der Waals surface area contributed by atoms with E-state index in [1.54, 1.807) is 53.8 Å². The molecule has 2 amide bonds. The number of nitrogens with one attached hydrogen (secondary N) is 2. The third-order valence-electron chi connectivity index (χ3n) is 9.14. The Bertz CT molecular complexity index is 2290. The average Bonchev–Trinajstić information content (AvgIpc) is 3.78. The maximum absolute atomic E-state index is 13.4. The predicted molar refractivity (Wildman–Crippen MR) is 228 cm³/mol. The van der Waals surface area contributed by atoms with Gasteiger partial charge in [0.1, 0.15) is 16.9 Å². The third kappa shape index (κ3) is 9.58. The quantitative estimate of drug-likeness (QED) is 0.110. The van der Waals surface area contributed by atoms with Gasteiger partial charge >= 0.3 is 12.2 Å². The Morgan fingerprint density at radius 2 is 1.40 bits per heavy atom. The van der Waals surface area contributed by atoms with E-state index in [2.05, 4.69) is 95.6 Å². The standard InChI is InChI=1S/C44H51ClN6O5Si/c1-42(2,3)55-40(52)49-51(41(53)56-43(4,5)6)39-21-20-37-36(47-39)27-38(35-22-23-46-48-35)50(37)28-30-24-31(26-32(45)25-30)29-54-57(44(7,8)9,33-16-12-10-13-17-33)34-18-14-11-15-19-34/h10-27H,28-29H2,1-9H3,(H,46,48)(H,49,52). The van der Waals surface area contributed by atoms with Crippen LogP contribution in [0, 0.1) is 0 Å². The third-order valence-corrected chi connectivity index (χ3v) is 14.3.